The normalized spacial score (nSPS) is 21.2. The van der Waals surface area contributed by atoms with Gasteiger partial charge in [0, 0.05) is 36.5 Å². The summed E-state index contributed by atoms with van der Waals surface area (Å²) in [5, 5.41) is 2.72. The van der Waals surface area contributed by atoms with E-state index in [1.165, 1.54) is 11.0 Å². The van der Waals surface area contributed by atoms with Crippen LogP contribution in [0.5, 0.6) is 0 Å². The van der Waals surface area contributed by atoms with Crippen molar-refractivity contribution >= 4 is 23.3 Å². The molecular formula is C18H17F2N4O2+. The molecule has 1 unspecified atom stereocenters. The second kappa shape index (κ2) is 5.84. The monoisotopic (exact) mass is 359 g/mol. The van der Waals surface area contributed by atoms with E-state index in [0.717, 1.165) is 11.6 Å². The molecular weight excluding hydrogens is 342 g/mol. The van der Waals surface area contributed by atoms with Gasteiger partial charge in [0.2, 0.25) is 0 Å². The number of pyridine rings is 1. The Labute approximate surface area is 148 Å². The molecule has 1 aromatic carbocycles. The number of halogens is 2. The predicted octanol–water partition coefficient (Wildman–Crippen LogP) is 2.43. The second-order valence-electron chi connectivity index (χ2n) is 6.76. The molecule has 8 heteroatoms. The minimum absolute atomic E-state index is 0.158. The number of quaternary nitrogens is 1. The molecule has 3 amide bonds. The highest BCUT2D eigenvalue weighted by atomic mass is 19.1. The lowest BCUT2D eigenvalue weighted by Gasteiger charge is -2.32. The van der Waals surface area contributed by atoms with Crippen molar-refractivity contribution in [1.82, 2.24) is 14.4 Å². The molecule has 2 aliphatic heterocycles. The molecule has 26 heavy (non-hydrogen) atoms. The van der Waals surface area contributed by atoms with Gasteiger partial charge in [-0.15, -0.1) is 0 Å². The first-order valence-corrected chi connectivity index (χ1v) is 8.25. The third-order valence-electron chi connectivity index (χ3n) is 5.15. The van der Waals surface area contributed by atoms with E-state index >= 15 is 0 Å². The van der Waals surface area contributed by atoms with Crippen molar-refractivity contribution in [2.24, 2.45) is 0 Å². The van der Waals surface area contributed by atoms with E-state index in [4.69, 9.17) is 0 Å². The van der Waals surface area contributed by atoms with Crippen LogP contribution in [0.4, 0.5) is 25.0 Å². The number of nitrogens with zero attached hydrogens (tertiary/aromatic N) is 3. The molecule has 2 aliphatic rings. The number of carbonyl (C=O) groups is 2. The van der Waals surface area contributed by atoms with E-state index in [-0.39, 0.29) is 29.5 Å². The summed E-state index contributed by atoms with van der Waals surface area (Å²) < 4.78 is 27.4. The first-order valence-electron chi connectivity index (χ1n) is 8.25. The Bertz CT molecular complexity index is 933. The quantitative estimate of drug-likeness (QED) is 0.838. The van der Waals surface area contributed by atoms with Crippen LogP contribution in [0.2, 0.25) is 0 Å². The Kier molecular flexibility index (Phi) is 3.73. The van der Waals surface area contributed by atoms with Gasteiger partial charge in [-0.3, -0.25) is 4.98 Å². The Balaban J connectivity index is 1.60. The third-order valence-corrected chi connectivity index (χ3v) is 5.15. The summed E-state index contributed by atoms with van der Waals surface area (Å²) in [6, 6.07) is 3.36. The molecule has 3 heterocycles. The average Bonchev–Trinajstić information content (AvgIpc) is 2.94. The van der Waals surface area contributed by atoms with Crippen LogP contribution in [-0.4, -0.2) is 42.0 Å². The Morgan fingerprint density at radius 2 is 2.19 bits per heavy atom. The topological polar surface area (TPSA) is 62.3 Å². The van der Waals surface area contributed by atoms with Gasteiger partial charge in [0.25, 0.3) is 0 Å². The summed E-state index contributed by atoms with van der Waals surface area (Å²) in [5.41, 5.74) is 2.16. The van der Waals surface area contributed by atoms with Gasteiger partial charge < -0.3 is 10.2 Å². The minimum atomic E-state index is -0.712. The van der Waals surface area contributed by atoms with Gasteiger partial charge in [-0.05, 0) is 6.07 Å². The largest absolute Gasteiger partial charge is 0.338 e. The number of fused-ring (bicyclic) bond motifs is 2. The van der Waals surface area contributed by atoms with Crippen molar-refractivity contribution in [2.45, 2.75) is 13.0 Å². The zero-order valence-corrected chi connectivity index (χ0v) is 14.1. The highest BCUT2D eigenvalue weighted by Gasteiger charge is 2.44. The number of aromatic nitrogens is 1. The second-order valence-corrected chi connectivity index (χ2v) is 6.76. The van der Waals surface area contributed by atoms with Crippen molar-refractivity contribution in [3.63, 3.8) is 0 Å². The van der Waals surface area contributed by atoms with Gasteiger partial charge >= 0.3 is 11.9 Å². The van der Waals surface area contributed by atoms with Crippen LogP contribution in [0.3, 0.4) is 0 Å². The van der Waals surface area contributed by atoms with E-state index in [1.807, 2.05) is 0 Å². The van der Waals surface area contributed by atoms with Gasteiger partial charge in [0.1, 0.15) is 23.9 Å². The first kappa shape index (κ1) is 16.6. The van der Waals surface area contributed by atoms with Gasteiger partial charge in [-0.1, -0.05) is 0 Å². The van der Waals surface area contributed by atoms with E-state index in [2.05, 4.69) is 10.3 Å². The van der Waals surface area contributed by atoms with E-state index in [9.17, 15) is 18.4 Å². The maximum atomic E-state index is 14.0. The third kappa shape index (κ3) is 2.53. The number of carbonyl (C=O) groups excluding carboxylic acids is 2. The lowest BCUT2D eigenvalue weighted by molar-refractivity contribution is -0.129. The smallest absolute Gasteiger partial charge is 0.307 e. The lowest BCUT2D eigenvalue weighted by atomic mass is 10.1. The SMILES string of the molecule is C[N+]1(C(=O)CN2Cc3cnccc3NC2=O)CCc2c(F)cc(F)cc21. The van der Waals surface area contributed by atoms with E-state index < -0.39 is 11.6 Å². The number of hydrogen-bond donors (Lipinski definition) is 1. The molecule has 1 aromatic heterocycles. The summed E-state index contributed by atoms with van der Waals surface area (Å²) in [6.07, 6.45) is 3.57. The van der Waals surface area contributed by atoms with Crippen molar-refractivity contribution in [1.29, 1.82) is 0 Å². The number of urea groups is 1. The highest BCUT2D eigenvalue weighted by molar-refractivity contribution is 5.97. The fourth-order valence-electron chi connectivity index (χ4n) is 3.59. The maximum absolute atomic E-state index is 14.0. The molecule has 1 N–H and O–H groups in total. The predicted molar refractivity (Wildman–Crippen MR) is 91.3 cm³/mol. The Morgan fingerprint density at radius 3 is 3.00 bits per heavy atom. The molecule has 6 nitrogen and oxygen atoms in total. The molecule has 0 saturated heterocycles. The molecule has 0 spiro atoms. The van der Waals surface area contributed by atoms with Crippen molar-refractivity contribution in [3.8, 4) is 0 Å². The van der Waals surface area contributed by atoms with Crippen LogP contribution in [0, 0.1) is 11.6 Å². The number of amides is 3. The van der Waals surface area contributed by atoms with Crippen molar-refractivity contribution in [2.75, 3.05) is 25.5 Å². The zero-order valence-electron chi connectivity index (χ0n) is 14.1. The number of benzene rings is 1. The van der Waals surface area contributed by atoms with Crippen LogP contribution < -0.4 is 9.80 Å². The Hall–Kier alpha value is -2.87. The van der Waals surface area contributed by atoms with E-state index in [0.29, 0.717) is 29.9 Å². The van der Waals surface area contributed by atoms with Crippen molar-refractivity contribution < 1.29 is 18.4 Å². The van der Waals surface area contributed by atoms with Crippen molar-refractivity contribution in [3.05, 3.63) is 53.4 Å². The van der Waals surface area contributed by atoms with E-state index in [1.54, 1.807) is 25.5 Å². The average molecular weight is 359 g/mol. The number of likely N-dealkylation sites (N-methyl/N-ethyl adjacent to an activating group) is 1. The Morgan fingerprint density at radius 1 is 1.38 bits per heavy atom. The molecule has 4 rings (SSSR count). The number of hydrogen-bond acceptors (Lipinski definition) is 3. The van der Waals surface area contributed by atoms with Crippen LogP contribution in [0.25, 0.3) is 0 Å². The summed E-state index contributed by atoms with van der Waals surface area (Å²) in [7, 11) is 1.63. The molecule has 0 saturated carbocycles. The number of rotatable bonds is 2. The molecule has 0 aliphatic carbocycles. The van der Waals surface area contributed by atoms with Gasteiger partial charge in [0.05, 0.1) is 31.4 Å². The molecule has 134 valence electrons. The maximum Gasteiger partial charge on any atom is 0.338 e. The van der Waals surface area contributed by atoms with Gasteiger partial charge in [-0.2, -0.15) is 0 Å². The zero-order chi connectivity index (χ0) is 18.5. The fraction of sp³-hybridized carbons (Fsp3) is 0.278. The molecule has 0 fully saturated rings. The highest BCUT2D eigenvalue weighted by Crippen LogP contribution is 2.36. The summed E-state index contributed by atoms with van der Waals surface area (Å²) in [4.78, 5) is 30.7. The summed E-state index contributed by atoms with van der Waals surface area (Å²) in [6.45, 7) is 0.432. The molecule has 0 radical (unpaired) electrons. The van der Waals surface area contributed by atoms with Crippen LogP contribution in [-0.2, 0) is 17.8 Å². The van der Waals surface area contributed by atoms with Gasteiger partial charge in [-0.25, -0.2) is 22.9 Å². The van der Waals surface area contributed by atoms with Crippen LogP contribution in [0.15, 0.2) is 30.6 Å². The van der Waals surface area contributed by atoms with Gasteiger partial charge in [0.15, 0.2) is 0 Å². The molecule has 0 bridgehead atoms. The standard InChI is InChI=1S/C18H16F2N4O2/c1-24(5-3-13-14(20)6-12(19)7-16(13)24)17(25)10-23-9-11-8-21-4-2-15(11)22-18(23)26/h2,4,6-8H,3,5,9-10H2,1H3/p+1. The fourth-order valence-corrected chi connectivity index (χ4v) is 3.59. The molecule has 2 aromatic rings. The van der Waals surface area contributed by atoms with Crippen LogP contribution >= 0.6 is 0 Å². The summed E-state index contributed by atoms with van der Waals surface area (Å²) >= 11 is 0. The number of nitrogens with one attached hydrogen (secondary N) is 1. The lowest BCUT2D eigenvalue weighted by Crippen LogP contribution is -2.55. The summed E-state index contributed by atoms with van der Waals surface area (Å²) in [5.74, 6) is -1.64. The minimum Gasteiger partial charge on any atom is -0.307 e. The van der Waals surface area contributed by atoms with Crippen LogP contribution in [0.1, 0.15) is 11.1 Å². The number of anilines is 1. The molecule has 1 atom stereocenters. The first-order chi connectivity index (χ1) is 12.4.